The van der Waals surface area contributed by atoms with Crippen LogP contribution < -0.4 is 0 Å². The van der Waals surface area contributed by atoms with Crippen LogP contribution in [0.4, 0.5) is 0 Å². The Labute approximate surface area is 287 Å². The molecule has 5 aromatic carbocycles. The van der Waals surface area contributed by atoms with Crippen LogP contribution in [0, 0.1) is 0 Å². The van der Waals surface area contributed by atoms with Crippen molar-refractivity contribution in [3.63, 3.8) is 0 Å². The fourth-order valence-corrected chi connectivity index (χ4v) is 7.57. The van der Waals surface area contributed by atoms with E-state index in [9.17, 15) is 0 Å². The Kier molecular flexibility index (Phi) is 7.12. The van der Waals surface area contributed by atoms with Gasteiger partial charge in [0.15, 0.2) is 0 Å². The van der Waals surface area contributed by atoms with E-state index in [1.807, 2.05) is 0 Å². The molecule has 48 heavy (non-hydrogen) atoms. The zero-order valence-electron chi connectivity index (χ0n) is 31.1. The molecule has 0 aliphatic rings. The molecule has 0 saturated carbocycles. The van der Waals surface area contributed by atoms with Gasteiger partial charge in [-0.2, -0.15) is 0 Å². The summed E-state index contributed by atoms with van der Waals surface area (Å²) in [6.45, 7) is 27.8. The third-order valence-corrected chi connectivity index (χ3v) is 10.3. The molecule has 0 fully saturated rings. The second kappa shape index (κ2) is 10.6. The molecule has 0 unspecified atom stereocenters. The van der Waals surface area contributed by atoms with E-state index in [2.05, 4.69) is 189 Å². The molecular formula is C46H52N2. The lowest BCUT2D eigenvalue weighted by atomic mass is 9.83. The van der Waals surface area contributed by atoms with Crippen LogP contribution in [-0.4, -0.2) is 9.13 Å². The van der Waals surface area contributed by atoms with Crippen molar-refractivity contribution in [2.45, 2.75) is 105 Å². The van der Waals surface area contributed by atoms with Gasteiger partial charge in [-0.25, -0.2) is 0 Å². The fourth-order valence-electron chi connectivity index (χ4n) is 7.57. The SMILES string of the molecule is CC(C)(C)c1ccc(-n2c3ccccc3c3ccc(-n4c5ccc(C(C)(C)C)cc5c5cc(C(C)(C)C)ccc54)c(C(C)(C)C)c32)cc1. The Morgan fingerprint density at radius 3 is 1.35 bits per heavy atom. The van der Waals surface area contributed by atoms with E-state index < -0.39 is 0 Å². The smallest absolute Gasteiger partial charge is 0.0599 e. The largest absolute Gasteiger partial charge is 0.309 e. The van der Waals surface area contributed by atoms with Gasteiger partial charge in [0.2, 0.25) is 0 Å². The first-order valence-electron chi connectivity index (χ1n) is 17.6. The minimum absolute atomic E-state index is 0.0587. The lowest BCUT2D eigenvalue weighted by molar-refractivity contribution is 0.590. The first kappa shape index (κ1) is 32.3. The molecule has 0 aliphatic carbocycles. The second-order valence-corrected chi connectivity index (χ2v) is 18.1. The molecule has 7 aromatic rings. The van der Waals surface area contributed by atoms with Crippen molar-refractivity contribution in [2.75, 3.05) is 0 Å². The molecule has 0 atom stereocenters. The zero-order valence-corrected chi connectivity index (χ0v) is 31.1. The van der Waals surface area contributed by atoms with Crippen LogP contribution in [0.25, 0.3) is 55.0 Å². The Morgan fingerprint density at radius 2 is 0.854 bits per heavy atom. The monoisotopic (exact) mass is 632 g/mol. The number of aromatic nitrogens is 2. The second-order valence-electron chi connectivity index (χ2n) is 18.1. The molecule has 0 amide bonds. The van der Waals surface area contributed by atoms with Gasteiger partial charge in [-0.15, -0.1) is 0 Å². The molecule has 0 bridgehead atoms. The molecule has 0 radical (unpaired) electrons. The summed E-state index contributed by atoms with van der Waals surface area (Å²) < 4.78 is 5.07. The molecule has 0 saturated heterocycles. The Balaban J connectivity index is 1.64. The summed E-state index contributed by atoms with van der Waals surface area (Å²) in [7, 11) is 0. The van der Waals surface area contributed by atoms with Gasteiger partial charge >= 0.3 is 0 Å². The highest BCUT2D eigenvalue weighted by Crippen LogP contribution is 2.45. The molecule has 246 valence electrons. The van der Waals surface area contributed by atoms with Crippen molar-refractivity contribution >= 4 is 43.6 Å². The van der Waals surface area contributed by atoms with Crippen molar-refractivity contribution in [1.82, 2.24) is 9.13 Å². The molecule has 2 nitrogen and oxygen atoms in total. The number of benzene rings is 5. The van der Waals surface area contributed by atoms with Crippen LogP contribution in [-0.2, 0) is 21.7 Å². The van der Waals surface area contributed by atoms with Gasteiger partial charge in [0.05, 0.1) is 27.8 Å². The number of para-hydroxylation sites is 1. The molecule has 2 heterocycles. The van der Waals surface area contributed by atoms with Crippen molar-refractivity contribution in [2.24, 2.45) is 0 Å². The van der Waals surface area contributed by atoms with Gasteiger partial charge in [-0.05, 0) is 86.9 Å². The van der Waals surface area contributed by atoms with E-state index in [-0.39, 0.29) is 21.7 Å². The van der Waals surface area contributed by atoms with E-state index in [1.54, 1.807) is 0 Å². The van der Waals surface area contributed by atoms with Crippen LogP contribution >= 0.6 is 0 Å². The predicted molar refractivity (Wildman–Crippen MR) is 210 cm³/mol. The minimum atomic E-state index is -0.147. The number of rotatable bonds is 2. The molecular weight excluding hydrogens is 581 g/mol. The summed E-state index contributed by atoms with van der Waals surface area (Å²) in [5, 5.41) is 5.23. The Bertz CT molecular complexity index is 2270. The van der Waals surface area contributed by atoms with Crippen LogP contribution in [0.1, 0.15) is 105 Å². The predicted octanol–water partition coefficient (Wildman–Crippen LogP) is 13.1. The van der Waals surface area contributed by atoms with Crippen LogP contribution in [0.2, 0.25) is 0 Å². The van der Waals surface area contributed by atoms with Gasteiger partial charge in [0.25, 0.3) is 0 Å². The van der Waals surface area contributed by atoms with Crippen LogP contribution in [0.5, 0.6) is 0 Å². The Morgan fingerprint density at radius 1 is 0.375 bits per heavy atom. The average Bonchev–Trinajstić information content (AvgIpc) is 3.51. The van der Waals surface area contributed by atoms with Crippen molar-refractivity contribution < 1.29 is 0 Å². The highest BCUT2D eigenvalue weighted by Gasteiger charge is 2.29. The quantitative estimate of drug-likeness (QED) is 0.179. The van der Waals surface area contributed by atoms with Crippen LogP contribution in [0.3, 0.4) is 0 Å². The maximum Gasteiger partial charge on any atom is 0.0599 e. The minimum Gasteiger partial charge on any atom is -0.309 e. The maximum atomic E-state index is 2.55. The zero-order chi connectivity index (χ0) is 34.6. The topological polar surface area (TPSA) is 9.86 Å². The van der Waals surface area contributed by atoms with E-state index in [1.165, 1.54) is 77.2 Å². The van der Waals surface area contributed by atoms with Gasteiger partial charge in [0.1, 0.15) is 0 Å². The molecule has 0 aliphatic heterocycles. The van der Waals surface area contributed by atoms with Crippen LogP contribution in [0.15, 0.2) is 97.1 Å². The normalized spacial score (nSPS) is 13.4. The van der Waals surface area contributed by atoms with Gasteiger partial charge in [0, 0.05) is 32.8 Å². The molecule has 2 aromatic heterocycles. The van der Waals surface area contributed by atoms with E-state index in [0.29, 0.717) is 0 Å². The summed E-state index contributed by atoms with van der Waals surface area (Å²) >= 11 is 0. The van der Waals surface area contributed by atoms with Crippen molar-refractivity contribution in [3.05, 3.63) is 119 Å². The number of hydrogen-bond acceptors (Lipinski definition) is 0. The molecule has 0 spiro atoms. The summed E-state index contributed by atoms with van der Waals surface area (Å²) in [6.07, 6.45) is 0. The third-order valence-electron chi connectivity index (χ3n) is 10.3. The van der Waals surface area contributed by atoms with Crippen molar-refractivity contribution in [3.8, 4) is 11.4 Å². The number of fused-ring (bicyclic) bond motifs is 6. The van der Waals surface area contributed by atoms with Gasteiger partial charge < -0.3 is 9.13 Å². The average molecular weight is 633 g/mol. The summed E-state index contributed by atoms with van der Waals surface area (Å²) in [4.78, 5) is 0. The first-order valence-corrected chi connectivity index (χ1v) is 17.6. The van der Waals surface area contributed by atoms with Gasteiger partial charge in [-0.1, -0.05) is 132 Å². The number of hydrogen-bond donors (Lipinski definition) is 0. The molecule has 2 heteroatoms. The highest BCUT2D eigenvalue weighted by molar-refractivity contribution is 6.13. The summed E-state index contributed by atoms with van der Waals surface area (Å²) in [5.41, 5.74) is 13.0. The van der Waals surface area contributed by atoms with E-state index in [0.717, 1.165) is 0 Å². The van der Waals surface area contributed by atoms with E-state index in [4.69, 9.17) is 0 Å². The van der Waals surface area contributed by atoms with E-state index >= 15 is 0 Å². The first-order chi connectivity index (χ1) is 22.4. The molecule has 7 rings (SSSR count). The fraction of sp³-hybridized carbons (Fsp3) is 0.348. The number of nitrogens with zero attached hydrogens (tertiary/aromatic N) is 2. The maximum absolute atomic E-state index is 2.55. The van der Waals surface area contributed by atoms with Gasteiger partial charge in [-0.3, -0.25) is 0 Å². The van der Waals surface area contributed by atoms with Crippen molar-refractivity contribution in [1.29, 1.82) is 0 Å². The standard InChI is InChI=1S/C46H52N2/c1-43(2,3)29-17-21-32(22-18-29)47-37-16-14-13-15-33(37)34-23-26-40(41(42(34)47)46(10,11)12)48-38-24-19-30(44(4,5)6)27-35(38)36-28-31(45(7,8)9)20-25-39(36)48/h13-28H,1-12H3. The molecule has 0 N–H and O–H groups in total. The lowest BCUT2D eigenvalue weighted by Crippen LogP contribution is -2.17. The Hall–Kier alpha value is -4.30. The lowest BCUT2D eigenvalue weighted by Gasteiger charge is -2.27. The third kappa shape index (κ3) is 5.16. The highest BCUT2D eigenvalue weighted by atomic mass is 15.0. The summed E-state index contributed by atoms with van der Waals surface area (Å²) in [6, 6.07) is 37.2. The summed E-state index contributed by atoms with van der Waals surface area (Å²) in [5.74, 6) is 0.